The molecule has 1 aromatic heterocycles. The third-order valence-electron chi connectivity index (χ3n) is 2.41. The van der Waals surface area contributed by atoms with Gasteiger partial charge in [0.1, 0.15) is 17.5 Å². The Kier molecular flexibility index (Phi) is 3.80. The number of nitrogens with zero attached hydrogens (tertiary/aromatic N) is 1. The summed E-state index contributed by atoms with van der Waals surface area (Å²) < 4.78 is 11.1. The second-order valence-electron chi connectivity index (χ2n) is 3.61. The summed E-state index contributed by atoms with van der Waals surface area (Å²) in [5.74, 6) is 0.754. The van der Waals surface area contributed by atoms with Crippen LogP contribution in [0.15, 0.2) is 18.3 Å². The molecule has 1 aliphatic heterocycles. The molecule has 2 heterocycles. The fraction of sp³-hybridized carbons (Fsp3) is 0.545. The number of aromatic nitrogens is 1. The van der Waals surface area contributed by atoms with E-state index in [1.165, 1.54) is 6.42 Å². The van der Waals surface area contributed by atoms with Gasteiger partial charge in [-0.1, -0.05) is 11.6 Å². The van der Waals surface area contributed by atoms with E-state index in [0.29, 0.717) is 11.8 Å². The van der Waals surface area contributed by atoms with Crippen LogP contribution >= 0.6 is 11.6 Å². The van der Waals surface area contributed by atoms with Crippen molar-refractivity contribution in [1.29, 1.82) is 0 Å². The van der Waals surface area contributed by atoms with Gasteiger partial charge >= 0.3 is 0 Å². The predicted molar refractivity (Wildman–Crippen MR) is 58.3 cm³/mol. The van der Waals surface area contributed by atoms with E-state index in [0.717, 1.165) is 25.2 Å². The lowest BCUT2D eigenvalue weighted by Gasteiger charge is -2.22. The number of pyridine rings is 1. The minimum Gasteiger partial charge on any atom is -0.491 e. The molecule has 1 fully saturated rings. The molecule has 4 heteroatoms. The van der Waals surface area contributed by atoms with Crippen molar-refractivity contribution in [2.24, 2.45) is 0 Å². The molecule has 0 amide bonds. The summed E-state index contributed by atoms with van der Waals surface area (Å²) in [7, 11) is 0. The average Bonchev–Trinajstić information content (AvgIpc) is 2.28. The number of halogens is 1. The molecule has 0 bridgehead atoms. The molecule has 0 spiro atoms. The largest absolute Gasteiger partial charge is 0.491 e. The zero-order valence-corrected chi connectivity index (χ0v) is 9.24. The van der Waals surface area contributed by atoms with Crippen LogP contribution in [0.1, 0.15) is 19.3 Å². The van der Waals surface area contributed by atoms with Gasteiger partial charge in [0.15, 0.2) is 0 Å². The van der Waals surface area contributed by atoms with Crippen LogP contribution in [0.4, 0.5) is 0 Å². The van der Waals surface area contributed by atoms with Crippen molar-refractivity contribution >= 4 is 11.6 Å². The standard InChI is InChI=1S/C11H14ClNO2/c12-11-7-9(4-5-13-11)15-8-10-3-1-2-6-14-10/h4-5,7,10H,1-3,6,8H2. The maximum absolute atomic E-state index is 5.74. The highest BCUT2D eigenvalue weighted by Crippen LogP contribution is 2.17. The molecule has 0 radical (unpaired) electrons. The zero-order valence-electron chi connectivity index (χ0n) is 8.49. The van der Waals surface area contributed by atoms with E-state index < -0.39 is 0 Å². The van der Waals surface area contributed by atoms with Crippen molar-refractivity contribution in [2.45, 2.75) is 25.4 Å². The Bertz CT molecular complexity index is 313. The van der Waals surface area contributed by atoms with Crippen molar-refractivity contribution < 1.29 is 9.47 Å². The maximum atomic E-state index is 5.74. The Hall–Kier alpha value is -0.800. The van der Waals surface area contributed by atoms with Crippen molar-refractivity contribution in [1.82, 2.24) is 4.98 Å². The first-order valence-corrected chi connectivity index (χ1v) is 5.58. The van der Waals surface area contributed by atoms with Crippen LogP contribution in [-0.2, 0) is 4.74 Å². The Labute approximate surface area is 94.4 Å². The minimum atomic E-state index is 0.227. The molecule has 82 valence electrons. The number of ether oxygens (including phenoxy) is 2. The third kappa shape index (κ3) is 3.36. The molecule has 2 rings (SSSR count). The van der Waals surface area contributed by atoms with Crippen LogP contribution in [0.2, 0.25) is 5.15 Å². The highest BCUT2D eigenvalue weighted by molar-refractivity contribution is 6.29. The Balaban J connectivity index is 1.81. The minimum absolute atomic E-state index is 0.227. The lowest BCUT2D eigenvalue weighted by Crippen LogP contribution is -2.25. The average molecular weight is 228 g/mol. The van der Waals surface area contributed by atoms with Crippen molar-refractivity contribution in [3.63, 3.8) is 0 Å². The third-order valence-corrected chi connectivity index (χ3v) is 2.61. The van der Waals surface area contributed by atoms with Crippen LogP contribution in [0.3, 0.4) is 0 Å². The molecule has 1 saturated heterocycles. The van der Waals surface area contributed by atoms with Gasteiger partial charge in [-0.3, -0.25) is 0 Å². The molecule has 1 unspecified atom stereocenters. The van der Waals surface area contributed by atoms with Gasteiger partial charge in [0.25, 0.3) is 0 Å². The summed E-state index contributed by atoms with van der Waals surface area (Å²) in [5, 5.41) is 0.456. The van der Waals surface area contributed by atoms with Gasteiger partial charge in [-0.05, 0) is 25.3 Å². The van der Waals surface area contributed by atoms with Crippen LogP contribution in [0, 0.1) is 0 Å². The quantitative estimate of drug-likeness (QED) is 0.744. The van der Waals surface area contributed by atoms with Crippen LogP contribution in [0.25, 0.3) is 0 Å². The summed E-state index contributed by atoms with van der Waals surface area (Å²) in [4.78, 5) is 3.89. The fourth-order valence-corrected chi connectivity index (χ4v) is 1.77. The van der Waals surface area contributed by atoms with Crippen LogP contribution < -0.4 is 4.74 Å². The lowest BCUT2D eigenvalue weighted by atomic mass is 10.1. The Morgan fingerprint density at radius 2 is 2.47 bits per heavy atom. The van der Waals surface area contributed by atoms with Gasteiger partial charge in [0, 0.05) is 18.9 Å². The molecular weight excluding hydrogens is 214 g/mol. The summed E-state index contributed by atoms with van der Waals surface area (Å²) in [6.45, 7) is 1.45. The second-order valence-corrected chi connectivity index (χ2v) is 4.00. The molecule has 0 aromatic carbocycles. The lowest BCUT2D eigenvalue weighted by molar-refractivity contribution is -0.0110. The number of rotatable bonds is 3. The Morgan fingerprint density at radius 1 is 1.53 bits per heavy atom. The Morgan fingerprint density at radius 3 is 3.20 bits per heavy atom. The molecule has 3 nitrogen and oxygen atoms in total. The summed E-state index contributed by atoms with van der Waals surface area (Å²) in [6, 6.07) is 3.51. The molecule has 1 atom stereocenters. The monoisotopic (exact) mass is 227 g/mol. The summed E-state index contributed by atoms with van der Waals surface area (Å²) in [5.41, 5.74) is 0. The molecule has 1 aliphatic rings. The highest BCUT2D eigenvalue weighted by atomic mass is 35.5. The number of hydrogen-bond donors (Lipinski definition) is 0. The van der Waals surface area contributed by atoms with Crippen LogP contribution in [0.5, 0.6) is 5.75 Å². The van der Waals surface area contributed by atoms with Gasteiger partial charge in [-0.15, -0.1) is 0 Å². The first-order chi connectivity index (χ1) is 7.34. The van der Waals surface area contributed by atoms with E-state index in [2.05, 4.69) is 4.98 Å². The van der Waals surface area contributed by atoms with Crippen molar-refractivity contribution in [2.75, 3.05) is 13.2 Å². The summed E-state index contributed by atoms with van der Waals surface area (Å²) >= 11 is 5.74. The molecule has 0 N–H and O–H groups in total. The van der Waals surface area contributed by atoms with E-state index in [1.54, 1.807) is 18.3 Å². The van der Waals surface area contributed by atoms with E-state index in [9.17, 15) is 0 Å². The van der Waals surface area contributed by atoms with E-state index >= 15 is 0 Å². The molecule has 0 saturated carbocycles. The molecule has 15 heavy (non-hydrogen) atoms. The maximum Gasteiger partial charge on any atom is 0.132 e. The topological polar surface area (TPSA) is 31.4 Å². The SMILES string of the molecule is Clc1cc(OCC2CCCCO2)ccn1. The zero-order chi connectivity index (χ0) is 10.5. The first kappa shape index (κ1) is 10.7. The second kappa shape index (κ2) is 5.33. The first-order valence-electron chi connectivity index (χ1n) is 5.20. The van der Waals surface area contributed by atoms with Gasteiger partial charge < -0.3 is 9.47 Å². The molecule has 1 aromatic rings. The number of hydrogen-bond acceptors (Lipinski definition) is 3. The fourth-order valence-electron chi connectivity index (χ4n) is 1.60. The van der Waals surface area contributed by atoms with E-state index in [-0.39, 0.29) is 6.10 Å². The van der Waals surface area contributed by atoms with Crippen molar-refractivity contribution in [3.05, 3.63) is 23.5 Å². The molecular formula is C11H14ClNO2. The van der Waals surface area contributed by atoms with Gasteiger partial charge in [-0.25, -0.2) is 4.98 Å². The van der Waals surface area contributed by atoms with Gasteiger partial charge in [-0.2, -0.15) is 0 Å². The van der Waals surface area contributed by atoms with E-state index in [4.69, 9.17) is 21.1 Å². The van der Waals surface area contributed by atoms with Crippen LogP contribution in [-0.4, -0.2) is 24.3 Å². The normalized spacial score (nSPS) is 21.3. The van der Waals surface area contributed by atoms with Gasteiger partial charge in [0.2, 0.25) is 0 Å². The van der Waals surface area contributed by atoms with E-state index in [1.807, 2.05) is 0 Å². The molecule has 0 aliphatic carbocycles. The summed E-state index contributed by atoms with van der Waals surface area (Å²) in [6.07, 6.45) is 5.34. The highest BCUT2D eigenvalue weighted by Gasteiger charge is 2.14. The smallest absolute Gasteiger partial charge is 0.132 e. The van der Waals surface area contributed by atoms with Gasteiger partial charge in [0.05, 0.1) is 6.10 Å². The van der Waals surface area contributed by atoms with Crippen molar-refractivity contribution in [3.8, 4) is 5.75 Å². The predicted octanol–water partition coefficient (Wildman–Crippen LogP) is 2.68.